The maximum absolute atomic E-state index is 9.85. The number of hydrogen-bond donors (Lipinski definition) is 2. The van der Waals surface area contributed by atoms with Crippen molar-refractivity contribution in [3.8, 4) is 11.5 Å². The van der Waals surface area contributed by atoms with E-state index in [0.717, 1.165) is 12.0 Å². The van der Waals surface area contributed by atoms with Crippen molar-refractivity contribution in [3.63, 3.8) is 0 Å². The van der Waals surface area contributed by atoms with E-state index >= 15 is 0 Å². The highest BCUT2D eigenvalue weighted by atomic mass is 16.5. The first-order chi connectivity index (χ1) is 12.0. The van der Waals surface area contributed by atoms with Crippen LogP contribution >= 0.6 is 0 Å². The number of phenols is 1. The molecule has 136 valence electrons. The monoisotopic (exact) mass is 346 g/mol. The van der Waals surface area contributed by atoms with Crippen LogP contribution in [-0.2, 0) is 9.47 Å². The molecule has 5 heteroatoms. The number of benzene rings is 1. The summed E-state index contributed by atoms with van der Waals surface area (Å²) in [5.74, 6) is 2.11. The molecule has 1 aromatic rings. The second-order valence-corrected chi connectivity index (χ2v) is 6.89. The molecule has 1 fully saturated rings. The fourth-order valence-corrected chi connectivity index (χ4v) is 3.83. The van der Waals surface area contributed by atoms with E-state index in [-0.39, 0.29) is 29.6 Å². The van der Waals surface area contributed by atoms with Crippen LogP contribution in [0.2, 0.25) is 0 Å². The lowest BCUT2D eigenvalue weighted by Gasteiger charge is -2.26. The zero-order chi connectivity index (χ0) is 18.1. The van der Waals surface area contributed by atoms with E-state index in [9.17, 15) is 10.2 Å². The van der Waals surface area contributed by atoms with E-state index in [1.807, 2.05) is 18.2 Å². The second-order valence-electron chi connectivity index (χ2n) is 6.89. The highest BCUT2D eigenvalue weighted by Crippen LogP contribution is 2.47. The van der Waals surface area contributed by atoms with Crippen LogP contribution in [0.4, 0.5) is 0 Å². The van der Waals surface area contributed by atoms with E-state index < -0.39 is 0 Å². The fraction of sp³-hybridized carbons (Fsp3) is 0.500. The molecular formula is C20H26O5. The normalized spacial score (nSPS) is 32.1. The molecule has 0 amide bonds. The third kappa shape index (κ3) is 3.21. The number of phenolic OH excluding ortho intramolecular Hbond substituents is 1. The number of methoxy groups -OCH3 is 2. The van der Waals surface area contributed by atoms with Gasteiger partial charge in [0.1, 0.15) is 0 Å². The Kier molecular flexibility index (Phi) is 4.95. The summed E-state index contributed by atoms with van der Waals surface area (Å²) in [6.45, 7) is 4.39. The topological polar surface area (TPSA) is 68.2 Å². The quantitative estimate of drug-likeness (QED) is 0.859. The maximum Gasteiger partial charge on any atom is 0.160 e. The number of rotatable bonds is 4. The van der Waals surface area contributed by atoms with E-state index in [1.54, 1.807) is 26.4 Å². The lowest BCUT2D eigenvalue weighted by Crippen LogP contribution is -2.26. The molecule has 25 heavy (non-hydrogen) atoms. The average Bonchev–Trinajstić information content (AvgIpc) is 2.91. The van der Waals surface area contributed by atoms with Crippen LogP contribution < -0.4 is 4.74 Å². The molecule has 1 aliphatic heterocycles. The Labute approximate surface area is 148 Å². The predicted octanol–water partition coefficient (Wildman–Crippen LogP) is 4.11. The van der Waals surface area contributed by atoms with Gasteiger partial charge in [0.2, 0.25) is 0 Å². The number of aliphatic hydroxyl groups is 1. The molecule has 0 spiro atoms. The van der Waals surface area contributed by atoms with Gasteiger partial charge in [-0.05, 0) is 48.1 Å². The second kappa shape index (κ2) is 7.00. The first-order valence-corrected chi connectivity index (χ1v) is 8.64. The van der Waals surface area contributed by atoms with Crippen molar-refractivity contribution in [1.29, 1.82) is 0 Å². The Bertz CT molecular complexity index is 693. The van der Waals surface area contributed by atoms with Gasteiger partial charge in [-0.15, -0.1) is 0 Å². The van der Waals surface area contributed by atoms with Crippen molar-refractivity contribution in [2.45, 2.75) is 32.5 Å². The van der Waals surface area contributed by atoms with Crippen LogP contribution in [0.5, 0.6) is 11.5 Å². The lowest BCUT2D eigenvalue weighted by molar-refractivity contribution is 0.00568. The molecule has 0 aromatic heterocycles. The Morgan fingerprint density at radius 3 is 2.52 bits per heavy atom. The molecule has 1 aromatic carbocycles. The summed E-state index contributed by atoms with van der Waals surface area (Å²) in [5.41, 5.74) is 1.00. The Hall–Kier alpha value is -2.14. The zero-order valence-electron chi connectivity index (χ0n) is 15.1. The molecule has 2 N–H and O–H groups in total. The van der Waals surface area contributed by atoms with Gasteiger partial charge >= 0.3 is 0 Å². The first kappa shape index (κ1) is 17.7. The summed E-state index contributed by atoms with van der Waals surface area (Å²) in [6.07, 6.45) is 4.46. The molecule has 0 bridgehead atoms. The molecule has 3 rings (SSSR count). The number of aliphatic hydroxyl groups excluding tert-OH is 1. The van der Waals surface area contributed by atoms with Crippen LogP contribution in [0.3, 0.4) is 0 Å². The summed E-state index contributed by atoms with van der Waals surface area (Å²) in [4.78, 5) is 0. The molecule has 5 atom stereocenters. The number of aromatic hydroxyl groups is 1. The van der Waals surface area contributed by atoms with E-state index in [1.165, 1.54) is 0 Å². The van der Waals surface area contributed by atoms with Gasteiger partial charge in [0.05, 0.1) is 26.4 Å². The largest absolute Gasteiger partial charge is 0.504 e. The molecule has 5 nitrogen and oxygen atoms in total. The third-order valence-corrected chi connectivity index (χ3v) is 5.50. The van der Waals surface area contributed by atoms with Gasteiger partial charge in [0.25, 0.3) is 0 Å². The molecule has 0 saturated carbocycles. The standard InChI is InChI=1S/C20H26O5/c1-11-12(2)20(14-6-8-16(22)18(10-14)24-4)25-19(11)13-5-7-15(21)17(9-13)23-3/h5,7-12,14,19-22H,6H2,1-4H3/t11-,12+,14?,19-,20+/m0/s1. The van der Waals surface area contributed by atoms with Gasteiger partial charge in [-0.3, -0.25) is 0 Å². The SMILES string of the molecule is COC1=CC([C@@H]2O[C@H](c3ccc(O)c(OC)c3)[C@@H](C)[C@H]2C)CC=C1O. The third-order valence-electron chi connectivity index (χ3n) is 5.50. The minimum absolute atomic E-state index is 0.0364. The van der Waals surface area contributed by atoms with E-state index in [0.29, 0.717) is 23.3 Å². The number of allylic oxidation sites excluding steroid dienone is 1. The van der Waals surface area contributed by atoms with Gasteiger partial charge in [0.15, 0.2) is 23.0 Å². The summed E-state index contributed by atoms with van der Waals surface area (Å²) < 4.78 is 16.9. The highest BCUT2D eigenvalue weighted by molar-refractivity contribution is 5.42. The number of hydrogen-bond acceptors (Lipinski definition) is 5. The van der Waals surface area contributed by atoms with Gasteiger partial charge in [-0.1, -0.05) is 19.9 Å². The minimum atomic E-state index is -0.0617. The van der Waals surface area contributed by atoms with Crippen molar-refractivity contribution in [1.82, 2.24) is 0 Å². The van der Waals surface area contributed by atoms with Crippen LogP contribution in [0, 0.1) is 17.8 Å². The van der Waals surface area contributed by atoms with E-state index in [4.69, 9.17) is 14.2 Å². The smallest absolute Gasteiger partial charge is 0.160 e. The van der Waals surface area contributed by atoms with E-state index in [2.05, 4.69) is 13.8 Å². The Balaban J connectivity index is 1.83. The molecule has 0 radical (unpaired) electrons. The molecular weight excluding hydrogens is 320 g/mol. The Morgan fingerprint density at radius 1 is 1.08 bits per heavy atom. The first-order valence-electron chi connectivity index (χ1n) is 8.64. The zero-order valence-corrected chi connectivity index (χ0v) is 15.1. The van der Waals surface area contributed by atoms with Gasteiger partial charge in [0, 0.05) is 5.92 Å². The Morgan fingerprint density at radius 2 is 1.84 bits per heavy atom. The van der Waals surface area contributed by atoms with Gasteiger partial charge < -0.3 is 24.4 Å². The molecule has 1 saturated heterocycles. The van der Waals surface area contributed by atoms with Crippen molar-refractivity contribution in [3.05, 3.63) is 47.4 Å². The van der Waals surface area contributed by atoms with Crippen LogP contribution in [0.15, 0.2) is 41.9 Å². The highest BCUT2D eigenvalue weighted by Gasteiger charge is 2.43. The van der Waals surface area contributed by atoms with Crippen molar-refractivity contribution >= 4 is 0 Å². The van der Waals surface area contributed by atoms with Crippen molar-refractivity contribution in [2.75, 3.05) is 14.2 Å². The van der Waals surface area contributed by atoms with Crippen molar-refractivity contribution < 1.29 is 24.4 Å². The maximum atomic E-state index is 9.85. The lowest BCUT2D eigenvalue weighted by atomic mass is 9.81. The van der Waals surface area contributed by atoms with Gasteiger partial charge in [-0.25, -0.2) is 0 Å². The summed E-state index contributed by atoms with van der Waals surface area (Å²) in [6, 6.07) is 5.37. The average molecular weight is 346 g/mol. The van der Waals surface area contributed by atoms with Crippen LogP contribution in [0.1, 0.15) is 31.9 Å². The summed E-state index contributed by atoms with van der Waals surface area (Å²) in [7, 11) is 3.10. The molecule has 1 aliphatic carbocycles. The summed E-state index contributed by atoms with van der Waals surface area (Å²) >= 11 is 0. The summed E-state index contributed by atoms with van der Waals surface area (Å²) in [5, 5.41) is 19.7. The fourth-order valence-electron chi connectivity index (χ4n) is 3.83. The molecule has 1 unspecified atom stereocenters. The molecule has 1 heterocycles. The minimum Gasteiger partial charge on any atom is -0.504 e. The van der Waals surface area contributed by atoms with Crippen molar-refractivity contribution in [2.24, 2.45) is 17.8 Å². The molecule has 2 aliphatic rings. The van der Waals surface area contributed by atoms with Crippen LogP contribution in [0.25, 0.3) is 0 Å². The number of ether oxygens (including phenoxy) is 3. The predicted molar refractivity (Wildman–Crippen MR) is 94.5 cm³/mol. The van der Waals surface area contributed by atoms with Gasteiger partial charge in [-0.2, -0.15) is 0 Å². The van der Waals surface area contributed by atoms with Crippen LogP contribution in [-0.4, -0.2) is 30.5 Å².